The molecule has 6 nitrogen and oxygen atoms in total. The van der Waals surface area contributed by atoms with Gasteiger partial charge in [0.1, 0.15) is 5.82 Å². The number of likely N-dealkylation sites (tertiary alicyclic amines) is 1. The number of rotatable bonds is 2. The fraction of sp³-hybridized carbons (Fsp3) is 0.316. The first-order valence-corrected chi connectivity index (χ1v) is 9.70. The van der Waals surface area contributed by atoms with Crippen LogP contribution in [0.15, 0.2) is 46.1 Å². The van der Waals surface area contributed by atoms with Crippen LogP contribution in [0.25, 0.3) is 11.4 Å². The molecule has 132 valence electrons. The van der Waals surface area contributed by atoms with Crippen LogP contribution in [0.1, 0.15) is 28.4 Å². The van der Waals surface area contributed by atoms with E-state index in [-0.39, 0.29) is 17.4 Å². The van der Waals surface area contributed by atoms with E-state index in [1.807, 2.05) is 38.4 Å². The van der Waals surface area contributed by atoms with Gasteiger partial charge < -0.3 is 14.5 Å². The highest BCUT2D eigenvalue weighted by molar-refractivity contribution is 7.08. The van der Waals surface area contributed by atoms with Gasteiger partial charge in [0, 0.05) is 49.0 Å². The molecule has 0 unspecified atom stereocenters. The van der Waals surface area contributed by atoms with Crippen LogP contribution in [-0.2, 0) is 6.54 Å². The average Bonchev–Trinajstić information content (AvgIpc) is 3.36. The second-order valence-corrected chi connectivity index (χ2v) is 7.83. The summed E-state index contributed by atoms with van der Waals surface area (Å²) in [5, 5.41) is 3.84. The number of nitrogens with one attached hydrogen (secondary N) is 1. The number of fused-ring (bicyclic) bond motifs is 4. The van der Waals surface area contributed by atoms with Gasteiger partial charge in [0.15, 0.2) is 0 Å². The number of aromatic nitrogens is 3. The molecule has 1 saturated heterocycles. The Labute approximate surface area is 154 Å². The van der Waals surface area contributed by atoms with Crippen molar-refractivity contribution in [3.8, 4) is 11.4 Å². The van der Waals surface area contributed by atoms with Crippen LogP contribution in [0.3, 0.4) is 0 Å². The smallest absolute Gasteiger partial charge is 0.261 e. The zero-order chi connectivity index (χ0) is 17.7. The Morgan fingerprint density at radius 1 is 1.23 bits per heavy atom. The van der Waals surface area contributed by atoms with Crippen molar-refractivity contribution < 1.29 is 4.79 Å². The standard InChI is InChI=1S/C19H18N4O2S/c24-18(13-3-6-26-11-13)22-8-12-7-14(10-22)16-2-1-15(17-20-4-5-21-17)19(25)23(16)9-12/h1-6,11-12,14H,7-10H2,(H,20,21)/t12-,14+/m0/s1. The lowest BCUT2D eigenvalue weighted by Gasteiger charge is -2.42. The van der Waals surface area contributed by atoms with Crippen molar-refractivity contribution in [2.75, 3.05) is 13.1 Å². The molecular formula is C19H18N4O2S. The lowest BCUT2D eigenvalue weighted by atomic mass is 9.82. The number of nitrogens with zero attached hydrogens (tertiary/aromatic N) is 3. The van der Waals surface area contributed by atoms with Crippen LogP contribution >= 0.6 is 11.3 Å². The van der Waals surface area contributed by atoms with Gasteiger partial charge in [-0.1, -0.05) is 0 Å². The molecule has 1 N–H and O–H groups in total. The molecule has 3 aromatic heterocycles. The summed E-state index contributed by atoms with van der Waals surface area (Å²) in [6.07, 6.45) is 4.41. The molecule has 2 aliphatic rings. The fourth-order valence-corrected chi connectivity index (χ4v) is 4.90. The predicted octanol–water partition coefficient (Wildman–Crippen LogP) is 2.56. The molecule has 2 bridgehead atoms. The topological polar surface area (TPSA) is 71.0 Å². The quantitative estimate of drug-likeness (QED) is 0.758. The Morgan fingerprint density at radius 3 is 2.92 bits per heavy atom. The van der Waals surface area contributed by atoms with Gasteiger partial charge in [-0.05, 0) is 35.9 Å². The molecule has 0 saturated carbocycles. The molecule has 0 aliphatic carbocycles. The minimum atomic E-state index is 0.00441. The molecule has 0 radical (unpaired) electrons. The summed E-state index contributed by atoms with van der Waals surface area (Å²) in [5.74, 6) is 1.23. The third-order valence-corrected chi connectivity index (χ3v) is 6.10. The number of H-pyrrole nitrogens is 1. The number of hydrogen-bond acceptors (Lipinski definition) is 4. The van der Waals surface area contributed by atoms with Gasteiger partial charge >= 0.3 is 0 Å². The minimum absolute atomic E-state index is 0.00441. The summed E-state index contributed by atoms with van der Waals surface area (Å²) in [4.78, 5) is 34.9. The Kier molecular flexibility index (Phi) is 3.56. The fourth-order valence-electron chi connectivity index (χ4n) is 4.27. The van der Waals surface area contributed by atoms with Gasteiger partial charge in [-0.3, -0.25) is 9.59 Å². The van der Waals surface area contributed by atoms with Gasteiger partial charge in [0.25, 0.3) is 11.5 Å². The highest BCUT2D eigenvalue weighted by atomic mass is 32.1. The van der Waals surface area contributed by atoms with E-state index in [4.69, 9.17) is 0 Å². The van der Waals surface area contributed by atoms with Crippen molar-refractivity contribution in [2.45, 2.75) is 18.9 Å². The van der Waals surface area contributed by atoms with E-state index in [1.165, 1.54) is 0 Å². The first-order valence-electron chi connectivity index (χ1n) is 8.75. The van der Waals surface area contributed by atoms with Crippen molar-refractivity contribution in [1.29, 1.82) is 0 Å². The zero-order valence-electron chi connectivity index (χ0n) is 14.1. The molecule has 1 fully saturated rings. The van der Waals surface area contributed by atoms with Gasteiger partial charge in [-0.25, -0.2) is 4.98 Å². The van der Waals surface area contributed by atoms with Gasteiger partial charge in [0.05, 0.1) is 11.1 Å². The molecular weight excluding hydrogens is 348 g/mol. The number of thiophene rings is 1. The largest absolute Gasteiger partial charge is 0.344 e. The second kappa shape index (κ2) is 5.95. The highest BCUT2D eigenvalue weighted by Crippen LogP contribution is 2.36. The number of piperidine rings is 1. The molecule has 0 spiro atoms. The third-order valence-electron chi connectivity index (χ3n) is 5.41. The number of carbonyl (C=O) groups excluding carboxylic acids is 1. The normalized spacial score (nSPS) is 21.5. The molecule has 7 heteroatoms. The van der Waals surface area contributed by atoms with Crippen molar-refractivity contribution >= 4 is 17.2 Å². The molecule has 2 atom stereocenters. The summed E-state index contributed by atoms with van der Waals surface area (Å²) in [6, 6.07) is 5.76. The van der Waals surface area contributed by atoms with Crippen LogP contribution in [0.4, 0.5) is 0 Å². The Hall–Kier alpha value is -2.67. The molecule has 5 rings (SSSR count). The van der Waals surface area contributed by atoms with E-state index >= 15 is 0 Å². The number of hydrogen-bond donors (Lipinski definition) is 1. The average molecular weight is 366 g/mol. The number of amides is 1. The van der Waals surface area contributed by atoms with Crippen LogP contribution in [0.2, 0.25) is 0 Å². The molecule has 26 heavy (non-hydrogen) atoms. The molecule has 3 aromatic rings. The van der Waals surface area contributed by atoms with E-state index in [9.17, 15) is 9.59 Å². The number of carbonyl (C=O) groups is 1. The summed E-state index contributed by atoms with van der Waals surface area (Å²) >= 11 is 1.54. The summed E-state index contributed by atoms with van der Waals surface area (Å²) in [6.45, 7) is 2.04. The van der Waals surface area contributed by atoms with Crippen LogP contribution in [-0.4, -0.2) is 38.4 Å². The van der Waals surface area contributed by atoms with E-state index in [2.05, 4.69) is 9.97 Å². The first kappa shape index (κ1) is 15.6. The maximum absolute atomic E-state index is 13.0. The number of pyridine rings is 1. The van der Waals surface area contributed by atoms with Crippen LogP contribution < -0.4 is 5.56 Å². The van der Waals surface area contributed by atoms with Gasteiger partial charge in [-0.15, -0.1) is 0 Å². The van der Waals surface area contributed by atoms with E-state index < -0.39 is 0 Å². The lowest BCUT2D eigenvalue weighted by Crippen LogP contribution is -2.49. The van der Waals surface area contributed by atoms with Crippen LogP contribution in [0, 0.1) is 5.92 Å². The molecule has 5 heterocycles. The highest BCUT2D eigenvalue weighted by Gasteiger charge is 2.37. The maximum atomic E-state index is 13.0. The monoisotopic (exact) mass is 366 g/mol. The van der Waals surface area contributed by atoms with Crippen molar-refractivity contribution in [1.82, 2.24) is 19.4 Å². The summed E-state index contributed by atoms with van der Waals surface area (Å²) < 4.78 is 1.89. The van der Waals surface area contributed by atoms with Crippen molar-refractivity contribution in [3.63, 3.8) is 0 Å². The molecule has 1 amide bonds. The Balaban J connectivity index is 1.49. The minimum Gasteiger partial charge on any atom is -0.344 e. The van der Waals surface area contributed by atoms with Crippen LogP contribution in [0.5, 0.6) is 0 Å². The third kappa shape index (κ3) is 2.42. The van der Waals surface area contributed by atoms with Gasteiger partial charge in [0.2, 0.25) is 0 Å². The summed E-state index contributed by atoms with van der Waals surface area (Å²) in [7, 11) is 0. The predicted molar refractivity (Wildman–Crippen MR) is 99.4 cm³/mol. The SMILES string of the molecule is O=C(c1ccsc1)N1C[C@@H]2C[C@H](C1)c1ccc(-c3ncc[nH]3)c(=O)n1C2. The van der Waals surface area contributed by atoms with Crippen molar-refractivity contribution in [2.24, 2.45) is 5.92 Å². The van der Waals surface area contributed by atoms with E-state index in [1.54, 1.807) is 23.7 Å². The molecule has 2 aliphatic heterocycles. The summed E-state index contributed by atoms with van der Waals surface area (Å²) in [5.41, 5.74) is 2.40. The Morgan fingerprint density at radius 2 is 2.15 bits per heavy atom. The van der Waals surface area contributed by atoms with E-state index in [0.29, 0.717) is 36.9 Å². The zero-order valence-corrected chi connectivity index (χ0v) is 14.9. The Bertz CT molecular complexity index is 1010. The first-order chi connectivity index (χ1) is 12.7. The molecule has 0 aromatic carbocycles. The van der Waals surface area contributed by atoms with E-state index in [0.717, 1.165) is 17.7 Å². The lowest BCUT2D eigenvalue weighted by molar-refractivity contribution is 0.0595. The number of aromatic amines is 1. The van der Waals surface area contributed by atoms with Gasteiger partial charge in [-0.2, -0.15) is 11.3 Å². The van der Waals surface area contributed by atoms with Crippen molar-refractivity contribution in [3.05, 3.63) is 63.0 Å². The number of imidazole rings is 1. The maximum Gasteiger partial charge on any atom is 0.261 e. The second-order valence-electron chi connectivity index (χ2n) is 7.05.